The van der Waals surface area contributed by atoms with Gasteiger partial charge in [0.1, 0.15) is 23.0 Å². The van der Waals surface area contributed by atoms with Gasteiger partial charge in [-0.1, -0.05) is 0 Å². The fraction of sp³-hybridized carbons (Fsp3) is 0.250. The second-order valence-corrected chi connectivity index (χ2v) is 5.69. The lowest BCUT2D eigenvalue weighted by Crippen LogP contribution is -1.98. The average Bonchev–Trinajstić information content (AvgIpc) is 2.87. The predicted molar refractivity (Wildman–Crippen MR) is 72.4 cm³/mol. The highest BCUT2D eigenvalue weighted by Gasteiger charge is 2.42. The van der Waals surface area contributed by atoms with Gasteiger partial charge < -0.3 is 20.4 Å². The molecule has 0 bridgehead atoms. The lowest BCUT2D eigenvalue weighted by atomic mass is 9.93. The van der Waals surface area contributed by atoms with Crippen molar-refractivity contribution in [3.05, 3.63) is 46.5 Å². The zero-order chi connectivity index (χ0) is 14.0. The second-order valence-electron chi connectivity index (χ2n) is 5.69. The summed E-state index contributed by atoms with van der Waals surface area (Å²) < 4.78 is 0. The molecule has 0 radical (unpaired) electrons. The number of hydrogen-bond acceptors (Lipinski definition) is 4. The van der Waals surface area contributed by atoms with Crippen LogP contribution in [0.4, 0.5) is 0 Å². The van der Waals surface area contributed by atoms with Crippen LogP contribution >= 0.6 is 0 Å². The van der Waals surface area contributed by atoms with Gasteiger partial charge in [-0.05, 0) is 59.1 Å². The van der Waals surface area contributed by atoms with Gasteiger partial charge in [0.25, 0.3) is 0 Å². The smallest absolute Gasteiger partial charge is 0.122 e. The Morgan fingerprint density at radius 2 is 1.05 bits per heavy atom. The first kappa shape index (κ1) is 11.5. The first-order chi connectivity index (χ1) is 9.54. The van der Waals surface area contributed by atoms with Crippen molar-refractivity contribution in [3.63, 3.8) is 0 Å². The van der Waals surface area contributed by atoms with Crippen molar-refractivity contribution in [2.75, 3.05) is 0 Å². The van der Waals surface area contributed by atoms with E-state index in [1.165, 1.54) is 12.1 Å². The third-order valence-electron chi connectivity index (χ3n) is 4.62. The second kappa shape index (κ2) is 3.60. The van der Waals surface area contributed by atoms with Gasteiger partial charge in [-0.3, -0.25) is 0 Å². The molecule has 0 aliphatic heterocycles. The van der Waals surface area contributed by atoms with Crippen LogP contribution in [0.15, 0.2) is 24.3 Å². The molecular weight excluding hydrogens is 256 g/mol. The van der Waals surface area contributed by atoms with Crippen LogP contribution in [-0.4, -0.2) is 20.4 Å². The van der Waals surface area contributed by atoms with E-state index in [2.05, 4.69) is 0 Å². The summed E-state index contributed by atoms with van der Waals surface area (Å²) in [5.74, 6) is 0.659. The molecule has 102 valence electrons. The first-order valence-electron chi connectivity index (χ1n) is 6.64. The van der Waals surface area contributed by atoms with Gasteiger partial charge in [-0.2, -0.15) is 0 Å². The maximum atomic E-state index is 9.97. The Balaban J connectivity index is 1.87. The van der Waals surface area contributed by atoms with Crippen molar-refractivity contribution in [3.8, 4) is 23.0 Å². The molecule has 4 heteroatoms. The third-order valence-corrected chi connectivity index (χ3v) is 4.62. The number of phenols is 4. The van der Waals surface area contributed by atoms with Crippen molar-refractivity contribution in [2.24, 2.45) is 0 Å². The minimum Gasteiger partial charge on any atom is -0.508 e. The predicted octanol–water partition coefficient (Wildman–Crippen LogP) is 2.49. The van der Waals surface area contributed by atoms with Crippen LogP contribution in [0, 0.1) is 0 Å². The summed E-state index contributed by atoms with van der Waals surface area (Å²) in [6.45, 7) is 0. The van der Waals surface area contributed by atoms with Crippen molar-refractivity contribution < 1.29 is 20.4 Å². The van der Waals surface area contributed by atoms with Crippen LogP contribution in [0.25, 0.3) is 0 Å². The monoisotopic (exact) mass is 270 g/mol. The van der Waals surface area contributed by atoms with E-state index in [0.717, 1.165) is 22.3 Å². The topological polar surface area (TPSA) is 80.9 Å². The summed E-state index contributed by atoms with van der Waals surface area (Å²) in [6, 6.07) is 6.12. The number of aromatic hydroxyl groups is 4. The van der Waals surface area contributed by atoms with Gasteiger partial charge >= 0.3 is 0 Å². The Morgan fingerprint density at radius 3 is 1.45 bits per heavy atom. The quantitative estimate of drug-likeness (QED) is 0.593. The molecule has 4 N–H and O–H groups in total. The molecule has 1 unspecified atom stereocenters. The average molecular weight is 270 g/mol. The van der Waals surface area contributed by atoms with Crippen LogP contribution in [0.2, 0.25) is 0 Å². The fourth-order valence-electron chi connectivity index (χ4n) is 3.81. The van der Waals surface area contributed by atoms with Crippen LogP contribution < -0.4 is 0 Å². The number of phenolic OH excluding ortho intramolecular Hbond substituents is 4. The molecule has 0 amide bonds. The molecule has 0 aromatic heterocycles. The SMILES string of the molecule is Oc1cc(O)c2c(c1)C1Cc3c(O)cc(O)cc3[C@H]1C2. The van der Waals surface area contributed by atoms with Crippen LogP contribution in [0.3, 0.4) is 0 Å². The molecule has 0 spiro atoms. The highest BCUT2D eigenvalue weighted by molar-refractivity contribution is 5.59. The Morgan fingerprint density at radius 1 is 0.650 bits per heavy atom. The van der Waals surface area contributed by atoms with Gasteiger partial charge in [-0.15, -0.1) is 0 Å². The maximum Gasteiger partial charge on any atom is 0.122 e. The van der Waals surface area contributed by atoms with Gasteiger partial charge in [0, 0.05) is 12.1 Å². The maximum absolute atomic E-state index is 9.97. The van der Waals surface area contributed by atoms with E-state index in [-0.39, 0.29) is 34.8 Å². The van der Waals surface area contributed by atoms with Crippen molar-refractivity contribution >= 4 is 0 Å². The number of rotatable bonds is 0. The molecule has 0 saturated heterocycles. The van der Waals surface area contributed by atoms with E-state index in [0.29, 0.717) is 12.8 Å². The van der Waals surface area contributed by atoms with Gasteiger partial charge in [0.15, 0.2) is 0 Å². The zero-order valence-corrected chi connectivity index (χ0v) is 10.7. The Bertz CT molecular complexity index is 672. The van der Waals surface area contributed by atoms with Crippen LogP contribution in [0.1, 0.15) is 34.1 Å². The van der Waals surface area contributed by atoms with Gasteiger partial charge in [-0.25, -0.2) is 0 Å². The molecule has 2 aromatic rings. The van der Waals surface area contributed by atoms with Crippen molar-refractivity contribution in [2.45, 2.75) is 24.7 Å². The molecule has 0 heterocycles. The first-order valence-corrected chi connectivity index (χ1v) is 6.64. The van der Waals surface area contributed by atoms with Gasteiger partial charge in [0.2, 0.25) is 0 Å². The minimum atomic E-state index is 0.0601. The standard InChI is InChI=1S/C16H14O4/c17-7-1-9-11-5-14-10(2-8(18)4-16(14)20)12(11)6-13(9)15(19)3-7/h1-4,11-12,17-20H,5-6H2/t11-,12?/m1/s1. The van der Waals surface area contributed by atoms with E-state index in [4.69, 9.17) is 0 Å². The van der Waals surface area contributed by atoms with E-state index in [1.54, 1.807) is 12.1 Å². The molecule has 4 nitrogen and oxygen atoms in total. The van der Waals surface area contributed by atoms with E-state index < -0.39 is 0 Å². The molecule has 2 aliphatic carbocycles. The molecule has 0 fully saturated rings. The van der Waals surface area contributed by atoms with Crippen molar-refractivity contribution in [1.82, 2.24) is 0 Å². The molecule has 4 rings (SSSR count). The fourth-order valence-corrected chi connectivity index (χ4v) is 3.81. The lowest BCUT2D eigenvalue weighted by Gasteiger charge is -2.10. The number of benzene rings is 2. The van der Waals surface area contributed by atoms with E-state index in [9.17, 15) is 20.4 Å². The van der Waals surface area contributed by atoms with Crippen LogP contribution in [0.5, 0.6) is 23.0 Å². The number of fused-ring (bicyclic) bond motifs is 5. The normalized spacial score (nSPS) is 22.4. The third kappa shape index (κ3) is 1.36. The summed E-state index contributed by atoms with van der Waals surface area (Å²) >= 11 is 0. The largest absolute Gasteiger partial charge is 0.508 e. The molecule has 2 aromatic carbocycles. The summed E-state index contributed by atoms with van der Waals surface area (Å²) in [6.07, 6.45) is 1.34. The number of hydrogen-bond donors (Lipinski definition) is 4. The Labute approximate surface area is 115 Å². The summed E-state index contributed by atoms with van der Waals surface area (Å²) in [7, 11) is 0. The van der Waals surface area contributed by atoms with Gasteiger partial charge in [0.05, 0.1) is 0 Å². The molecule has 20 heavy (non-hydrogen) atoms. The van der Waals surface area contributed by atoms with E-state index >= 15 is 0 Å². The Hall–Kier alpha value is -2.36. The summed E-state index contributed by atoms with van der Waals surface area (Å²) in [4.78, 5) is 0. The molecule has 2 aliphatic rings. The highest BCUT2D eigenvalue weighted by atomic mass is 16.3. The molecular formula is C16H14O4. The Kier molecular flexibility index (Phi) is 2.06. The minimum absolute atomic E-state index is 0.0601. The summed E-state index contributed by atoms with van der Waals surface area (Å²) in [5, 5.41) is 39.3. The van der Waals surface area contributed by atoms with E-state index in [1.807, 2.05) is 0 Å². The molecule has 0 saturated carbocycles. The summed E-state index contributed by atoms with van der Waals surface area (Å²) in [5.41, 5.74) is 3.63. The lowest BCUT2D eigenvalue weighted by molar-refractivity contribution is 0.445. The van der Waals surface area contributed by atoms with Crippen LogP contribution in [-0.2, 0) is 12.8 Å². The zero-order valence-electron chi connectivity index (χ0n) is 10.7. The molecule has 2 atom stereocenters. The highest BCUT2D eigenvalue weighted by Crippen LogP contribution is 2.56. The van der Waals surface area contributed by atoms with Crippen molar-refractivity contribution in [1.29, 1.82) is 0 Å².